The summed E-state index contributed by atoms with van der Waals surface area (Å²) in [4.78, 5) is 3.20. The summed E-state index contributed by atoms with van der Waals surface area (Å²) in [5.41, 5.74) is -1.44. The number of hydrogen-bond acceptors (Lipinski definition) is 3. The van der Waals surface area contributed by atoms with Gasteiger partial charge in [-0.1, -0.05) is 0 Å². The highest BCUT2D eigenvalue weighted by molar-refractivity contribution is 5.37. The first-order valence-electron chi connectivity index (χ1n) is 3.77. The van der Waals surface area contributed by atoms with Crippen molar-refractivity contribution in [1.82, 2.24) is 4.98 Å². The van der Waals surface area contributed by atoms with Gasteiger partial charge in [0.1, 0.15) is 11.8 Å². The number of ether oxygens (including phenoxy) is 1. The van der Waals surface area contributed by atoms with Crippen LogP contribution in [0.3, 0.4) is 0 Å². The minimum absolute atomic E-state index is 0.412. The van der Waals surface area contributed by atoms with Crippen LogP contribution in [0.1, 0.15) is 17.7 Å². The highest BCUT2D eigenvalue weighted by atomic mass is 19.4. The molecule has 0 amide bonds. The van der Waals surface area contributed by atoms with Crippen LogP contribution in [0.4, 0.5) is 22.0 Å². The molecule has 8 heteroatoms. The number of rotatable bonds is 2. The lowest BCUT2D eigenvalue weighted by atomic mass is 10.2. The summed E-state index contributed by atoms with van der Waals surface area (Å²) in [5.74, 6) is -1.11. The first-order chi connectivity index (χ1) is 7.33. The fourth-order valence-corrected chi connectivity index (χ4v) is 0.900. The number of pyridine rings is 1. The Morgan fingerprint density at radius 2 is 2.00 bits per heavy atom. The second kappa shape index (κ2) is 4.30. The van der Waals surface area contributed by atoms with Crippen LogP contribution in [-0.2, 0) is 0 Å². The van der Waals surface area contributed by atoms with Gasteiger partial charge in [-0.15, -0.1) is 13.2 Å². The number of nitrogens with zero attached hydrogens (tertiary/aromatic N) is 2. The molecule has 0 unspecified atom stereocenters. The van der Waals surface area contributed by atoms with E-state index in [1.807, 2.05) is 0 Å². The van der Waals surface area contributed by atoms with Gasteiger partial charge in [-0.25, -0.2) is 13.8 Å². The van der Waals surface area contributed by atoms with Gasteiger partial charge in [0.25, 0.3) is 6.43 Å². The molecule has 0 atom stereocenters. The SMILES string of the molecule is N#Cc1cc(C(F)F)c(OC(F)(F)F)cn1. The van der Waals surface area contributed by atoms with Crippen molar-refractivity contribution >= 4 is 0 Å². The molecule has 1 heterocycles. The van der Waals surface area contributed by atoms with Crippen LogP contribution < -0.4 is 4.74 Å². The highest BCUT2D eigenvalue weighted by Gasteiger charge is 2.33. The molecule has 16 heavy (non-hydrogen) atoms. The molecule has 86 valence electrons. The molecular formula is C8H3F5N2O. The van der Waals surface area contributed by atoms with Crippen LogP contribution >= 0.6 is 0 Å². The Bertz CT molecular complexity index is 423. The zero-order valence-corrected chi connectivity index (χ0v) is 7.42. The predicted octanol–water partition coefficient (Wildman–Crippen LogP) is 2.79. The minimum Gasteiger partial charge on any atom is -0.404 e. The zero-order chi connectivity index (χ0) is 12.3. The number of aromatic nitrogens is 1. The molecule has 1 aromatic rings. The van der Waals surface area contributed by atoms with Crippen molar-refractivity contribution in [1.29, 1.82) is 5.26 Å². The van der Waals surface area contributed by atoms with Crippen LogP contribution in [0, 0.1) is 11.3 Å². The molecule has 0 N–H and O–H groups in total. The Morgan fingerprint density at radius 3 is 2.44 bits per heavy atom. The van der Waals surface area contributed by atoms with Crippen LogP contribution in [0.25, 0.3) is 0 Å². The molecular weight excluding hydrogens is 235 g/mol. The Balaban J connectivity index is 3.14. The molecule has 0 aromatic carbocycles. The Morgan fingerprint density at radius 1 is 1.38 bits per heavy atom. The Labute approximate surface area is 86.1 Å². The van der Waals surface area contributed by atoms with Gasteiger partial charge in [0.2, 0.25) is 0 Å². The average Bonchev–Trinajstić information content (AvgIpc) is 2.15. The first kappa shape index (κ1) is 12.2. The highest BCUT2D eigenvalue weighted by Crippen LogP contribution is 2.32. The minimum atomic E-state index is -5.08. The molecule has 0 fully saturated rings. The summed E-state index contributed by atoms with van der Waals surface area (Å²) in [5, 5.41) is 8.35. The van der Waals surface area contributed by atoms with Crippen LogP contribution in [0.2, 0.25) is 0 Å². The van der Waals surface area contributed by atoms with Gasteiger partial charge in [0.05, 0.1) is 11.8 Å². The third-order valence-corrected chi connectivity index (χ3v) is 1.47. The molecule has 0 saturated heterocycles. The fraction of sp³-hybridized carbons (Fsp3) is 0.250. The van der Waals surface area contributed by atoms with E-state index >= 15 is 0 Å². The Kier molecular flexibility index (Phi) is 3.27. The maximum Gasteiger partial charge on any atom is 0.573 e. The molecule has 3 nitrogen and oxygen atoms in total. The summed E-state index contributed by atoms with van der Waals surface area (Å²) in [6, 6.07) is 1.98. The van der Waals surface area contributed by atoms with E-state index in [0.717, 1.165) is 0 Å². The van der Waals surface area contributed by atoms with Crippen molar-refractivity contribution in [3.8, 4) is 11.8 Å². The summed E-state index contributed by atoms with van der Waals surface area (Å²) in [6.07, 6.45) is -7.83. The summed E-state index contributed by atoms with van der Waals surface area (Å²) >= 11 is 0. The monoisotopic (exact) mass is 238 g/mol. The number of alkyl halides is 5. The van der Waals surface area contributed by atoms with Crippen molar-refractivity contribution in [3.63, 3.8) is 0 Å². The number of hydrogen-bond donors (Lipinski definition) is 0. The zero-order valence-electron chi connectivity index (χ0n) is 7.42. The van der Waals surface area contributed by atoms with E-state index in [9.17, 15) is 22.0 Å². The van der Waals surface area contributed by atoms with Crippen molar-refractivity contribution in [2.24, 2.45) is 0 Å². The first-order valence-corrected chi connectivity index (χ1v) is 3.77. The van der Waals surface area contributed by atoms with Crippen LogP contribution in [-0.4, -0.2) is 11.3 Å². The van der Waals surface area contributed by atoms with Crippen LogP contribution in [0.15, 0.2) is 12.3 Å². The number of halogens is 5. The lowest BCUT2D eigenvalue weighted by molar-refractivity contribution is -0.275. The maximum atomic E-state index is 12.3. The van der Waals surface area contributed by atoms with E-state index in [-0.39, 0.29) is 0 Å². The molecule has 1 aromatic heterocycles. The van der Waals surface area contributed by atoms with Gasteiger partial charge < -0.3 is 4.74 Å². The maximum absolute atomic E-state index is 12.3. The molecule has 0 aliphatic heterocycles. The van der Waals surface area contributed by atoms with Crippen molar-refractivity contribution < 1.29 is 26.7 Å². The van der Waals surface area contributed by atoms with E-state index in [1.165, 1.54) is 6.07 Å². The van der Waals surface area contributed by atoms with E-state index < -0.39 is 29.8 Å². The molecule has 0 saturated carbocycles. The molecule has 0 radical (unpaired) electrons. The molecule has 0 aliphatic carbocycles. The average molecular weight is 238 g/mol. The largest absolute Gasteiger partial charge is 0.573 e. The molecule has 0 spiro atoms. The quantitative estimate of drug-likeness (QED) is 0.744. The van der Waals surface area contributed by atoms with Crippen molar-refractivity contribution in [3.05, 3.63) is 23.5 Å². The van der Waals surface area contributed by atoms with Gasteiger partial charge in [0, 0.05) is 0 Å². The smallest absolute Gasteiger partial charge is 0.404 e. The summed E-state index contributed by atoms with van der Waals surface area (Å²) in [6.45, 7) is 0. The second-order valence-electron chi connectivity index (χ2n) is 2.57. The standard InChI is InChI=1S/C8H3F5N2O/c9-7(10)5-1-4(2-14)15-3-6(5)16-8(11,12)13/h1,3,7H. The van der Waals surface area contributed by atoms with Gasteiger partial charge in [-0.3, -0.25) is 0 Å². The fourth-order valence-electron chi connectivity index (χ4n) is 0.900. The van der Waals surface area contributed by atoms with Gasteiger partial charge in [0.15, 0.2) is 5.75 Å². The summed E-state index contributed by atoms with van der Waals surface area (Å²) < 4.78 is 63.4. The molecule has 0 bridgehead atoms. The van der Waals surface area contributed by atoms with Crippen molar-refractivity contribution in [2.75, 3.05) is 0 Å². The Hall–Kier alpha value is -1.91. The van der Waals surface area contributed by atoms with Crippen LogP contribution in [0.5, 0.6) is 5.75 Å². The summed E-state index contributed by atoms with van der Waals surface area (Å²) in [7, 11) is 0. The van der Waals surface area contributed by atoms with Gasteiger partial charge in [-0.2, -0.15) is 5.26 Å². The second-order valence-corrected chi connectivity index (χ2v) is 2.57. The van der Waals surface area contributed by atoms with E-state index in [2.05, 4.69) is 9.72 Å². The third-order valence-electron chi connectivity index (χ3n) is 1.47. The lowest BCUT2D eigenvalue weighted by Crippen LogP contribution is -2.18. The lowest BCUT2D eigenvalue weighted by Gasteiger charge is -2.12. The van der Waals surface area contributed by atoms with E-state index in [0.29, 0.717) is 12.3 Å². The normalized spacial score (nSPS) is 11.3. The van der Waals surface area contributed by atoms with Crippen molar-refractivity contribution in [2.45, 2.75) is 12.8 Å². The number of nitriles is 1. The third kappa shape index (κ3) is 3.05. The van der Waals surface area contributed by atoms with Gasteiger partial charge in [-0.05, 0) is 6.07 Å². The van der Waals surface area contributed by atoms with Gasteiger partial charge >= 0.3 is 6.36 Å². The molecule has 0 aliphatic rings. The van der Waals surface area contributed by atoms with E-state index in [1.54, 1.807) is 0 Å². The predicted molar refractivity (Wildman–Crippen MR) is 40.6 cm³/mol. The van der Waals surface area contributed by atoms with E-state index in [4.69, 9.17) is 5.26 Å². The topological polar surface area (TPSA) is 45.9 Å². The molecule has 1 rings (SSSR count).